The van der Waals surface area contributed by atoms with Crippen molar-refractivity contribution in [3.8, 4) is 11.5 Å². The molecule has 0 N–H and O–H groups in total. The molecular formula is C21H26ClNO2. The summed E-state index contributed by atoms with van der Waals surface area (Å²) in [6.45, 7) is 8.42. The summed E-state index contributed by atoms with van der Waals surface area (Å²) in [5.41, 5.74) is 3.07. The molecule has 0 saturated heterocycles. The number of nitrogens with zero attached hydrogens (tertiary/aromatic N) is 1. The zero-order valence-electron chi connectivity index (χ0n) is 15.5. The van der Waals surface area contributed by atoms with Crippen LogP contribution in [0.1, 0.15) is 51.2 Å². The first-order chi connectivity index (χ1) is 11.9. The molecule has 2 aromatic rings. The molecule has 0 aliphatic heterocycles. The molecule has 0 aromatic heterocycles. The molecule has 0 aliphatic rings. The highest BCUT2D eigenvalue weighted by Gasteiger charge is 2.14. The highest BCUT2D eigenvalue weighted by Crippen LogP contribution is 2.37. The topological polar surface area (TPSA) is 30.8 Å². The van der Waals surface area contributed by atoms with E-state index in [0.717, 1.165) is 17.7 Å². The van der Waals surface area contributed by atoms with E-state index >= 15 is 0 Å². The van der Waals surface area contributed by atoms with Gasteiger partial charge in [-0.2, -0.15) is 0 Å². The number of halogens is 1. The molecular weight excluding hydrogens is 334 g/mol. The lowest BCUT2D eigenvalue weighted by atomic mass is 10.0. The van der Waals surface area contributed by atoms with Crippen molar-refractivity contribution >= 4 is 23.5 Å². The lowest BCUT2D eigenvalue weighted by molar-refractivity contribution is 0.208. The Morgan fingerprint density at radius 3 is 2.36 bits per heavy atom. The van der Waals surface area contributed by atoms with Crippen LogP contribution in [-0.4, -0.2) is 19.4 Å². The van der Waals surface area contributed by atoms with Gasteiger partial charge in [-0.25, -0.2) is 0 Å². The van der Waals surface area contributed by atoms with Crippen LogP contribution in [0.4, 0.5) is 5.69 Å². The Balaban J connectivity index is 2.23. The largest absolute Gasteiger partial charge is 0.493 e. The van der Waals surface area contributed by atoms with E-state index in [0.29, 0.717) is 22.4 Å². The maximum Gasteiger partial charge on any atom is 0.180 e. The Bertz CT molecular complexity index is 723. The molecule has 0 unspecified atom stereocenters. The van der Waals surface area contributed by atoms with Gasteiger partial charge in [-0.1, -0.05) is 44.5 Å². The highest BCUT2D eigenvalue weighted by atomic mass is 35.5. The van der Waals surface area contributed by atoms with Gasteiger partial charge in [0.05, 0.1) is 23.9 Å². The van der Waals surface area contributed by atoms with Crippen LogP contribution >= 0.6 is 11.6 Å². The standard InChI is InChI=1S/C21H26ClNO2/c1-6-15(4)25-21-19(22)11-16(12-20(21)24-5)13-23-18-9-7-17(8-10-18)14(2)3/h7-15H,6H2,1-5H3/t15-/m1/s1. The first-order valence-corrected chi connectivity index (χ1v) is 9.00. The summed E-state index contributed by atoms with van der Waals surface area (Å²) < 4.78 is 11.3. The third-order valence-corrected chi connectivity index (χ3v) is 4.35. The van der Waals surface area contributed by atoms with E-state index in [1.54, 1.807) is 13.3 Å². The van der Waals surface area contributed by atoms with Crippen molar-refractivity contribution in [1.82, 2.24) is 0 Å². The maximum absolute atomic E-state index is 6.39. The van der Waals surface area contributed by atoms with E-state index in [9.17, 15) is 0 Å². The molecule has 0 bridgehead atoms. The van der Waals surface area contributed by atoms with Crippen LogP contribution in [0.3, 0.4) is 0 Å². The van der Waals surface area contributed by atoms with Gasteiger partial charge >= 0.3 is 0 Å². The molecule has 0 spiro atoms. The van der Waals surface area contributed by atoms with Crippen molar-refractivity contribution in [2.24, 2.45) is 4.99 Å². The average Bonchev–Trinajstić information content (AvgIpc) is 2.61. The molecule has 0 fully saturated rings. The van der Waals surface area contributed by atoms with Crippen LogP contribution < -0.4 is 9.47 Å². The summed E-state index contributed by atoms with van der Waals surface area (Å²) in [5.74, 6) is 1.71. The Morgan fingerprint density at radius 1 is 1.12 bits per heavy atom. The van der Waals surface area contributed by atoms with Gasteiger partial charge in [0, 0.05) is 6.21 Å². The van der Waals surface area contributed by atoms with E-state index in [4.69, 9.17) is 21.1 Å². The molecule has 0 saturated carbocycles. The normalized spacial score (nSPS) is 12.6. The van der Waals surface area contributed by atoms with Gasteiger partial charge in [0.15, 0.2) is 11.5 Å². The molecule has 1 atom stereocenters. The van der Waals surface area contributed by atoms with Gasteiger partial charge in [0.1, 0.15) is 0 Å². The minimum absolute atomic E-state index is 0.0744. The molecule has 2 rings (SSSR count). The number of benzene rings is 2. The molecule has 0 amide bonds. The molecule has 3 nitrogen and oxygen atoms in total. The van der Waals surface area contributed by atoms with E-state index < -0.39 is 0 Å². The second-order valence-electron chi connectivity index (χ2n) is 6.38. The van der Waals surface area contributed by atoms with E-state index in [1.807, 2.05) is 31.2 Å². The minimum atomic E-state index is 0.0744. The Morgan fingerprint density at radius 2 is 1.80 bits per heavy atom. The van der Waals surface area contributed by atoms with Crippen molar-refractivity contribution in [2.45, 2.75) is 46.1 Å². The molecule has 134 valence electrons. The number of methoxy groups -OCH3 is 1. The number of aliphatic imine (C=N–C) groups is 1. The summed E-state index contributed by atoms with van der Waals surface area (Å²) in [7, 11) is 1.61. The summed E-state index contributed by atoms with van der Waals surface area (Å²) >= 11 is 6.39. The summed E-state index contributed by atoms with van der Waals surface area (Å²) in [6, 6.07) is 12.0. The Hall–Kier alpha value is -2.00. The third-order valence-electron chi connectivity index (χ3n) is 4.07. The Labute approximate surface area is 155 Å². The SMILES string of the molecule is CC[C@@H](C)Oc1c(Cl)cc(C=Nc2ccc(C(C)C)cc2)cc1OC. The van der Waals surface area contributed by atoms with Gasteiger partial charge < -0.3 is 9.47 Å². The molecule has 2 aromatic carbocycles. The summed E-state index contributed by atoms with van der Waals surface area (Å²) in [4.78, 5) is 4.52. The Kier molecular flexibility index (Phi) is 6.89. The maximum atomic E-state index is 6.39. The lowest BCUT2D eigenvalue weighted by Crippen LogP contribution is -2.11. The molecule has 0 radical (unpaired) electrons. The number of rotatable bonds is 7. The first-order valence-electron chi connectivity index (χ1n) is 8.62. The second-order valence-corrected chi connectivity index (χ2v) is 6.78. The molecule has 25 heavy (non-hydrogen) atoms. The molecule has 0 heterocycles. The van der Waals surface area contributed by atoms with Gasteiger partial charge in [0.25, 0.3) is 0 Å². The van der Waals surface area contributed by atoms with Crippen LogP contribution in [0, 0.1) is 0 Å². The monoisotopic (exact) mass is 359 g/mol. The van der Waals surface area contributed by atoms with E-state index in [-0.39, 0.29) is 6.10 Å². The number of hydrogen-bond donors (Lipinski definition) is 0. The second kappa shape index (κ2) is 8.91. The highest BCUT2D eigenvalue weighted by molar-refractivity contribution is 6.32. The van der Waals surface area contributed by atoms with E-state index in [1.165, 1.54) is 5.56 Å². The summed E-state index contributed by atoms with van der Waals surface area (Å²) in [5, 5.41) is 0.524. The van der Waals surface area contributed by atoms with Crippen molar-refractivity contribution in [2.75, 3.05) is 7.11 Å². The van der Waals surface area contributed by atoms with Crippen LogP contribution in [0.25, 0.3) is 0 Å². The predicted molar refractivity (Wildman–Crippen MR) is 106 cm³/mol. The zero-order chi connectivity index (χ0) is 18.4. The van der Waals surface area contributed by atoms with Crippen LogP contribution in [-0.2, 0) is 0 Å². The third kappa shape index (κ3) is 5.23. The first kappa shape index (κ1) is 19.3. The van der Waals surface area contributed by atoms with Crippen molar-refractivity contribution < 1.29 is 9.47 Å². The van der Waals surface area contributed by atoms with Crippen LogP contribution in [0.2, 0.25) is 5.02 Å². The number of ether oxygens (including phenoxy) is 2. The van der Waals surface area contributed by atoms with Gasteiger partial charge in [0.2, 0.25) is 0 Å². The van der Waals surface area contributed by atoms with Crippen molar-refractivity contribution in [3.05, 3.63) is 52.5 Å². The fourth-order valence-electron chi connectivity index (χ4n) is 2.31. The van der Waals surface area contributed by atoms with Gasteiger partial charge in [-0.15, -0.1) is 0 Å². The van der Waals surface area contributed by atoms with Gasteiger partial charge in [-0.05, 0) is 54.7 Å². The molecule has 4 heteroatoms. The lowest BCUT2D eigenvalue weighted by Gasteiger charge is -2.17. The van der Waals surface area contributed by atoms with Crippen LogP contribution in [0.5, 0.6) is 11.5 Å². The van der Waals surface area contributed by atoms with Gasteiger partial charge in [-0.3, -0.25) is 4.99 Å². The van der Waals surface area contributed by atoms with Crippen molar-refractivity contribution in [3.63, 3.8) is 0 Å². The quantitative estimate of drug-likeness (QED) is 0.535. The van der Waals surface area contributed by atoms with E-state index in [2.05, 4.69) is 37.9 Å². The van der Waals surface area contributed by atoms with Crippen molar-refractivity contribution in [1.29, 1.82) is 0 Å². The smallest absolute Gasteiger partial charge is 0.180 e. The number of hydrogen-bond acceptors (Lipinski definition) is 3. The average molecular weight is 360 g/mol. The fourth-order valence-corrected chi connectivity index (χ4v) is 2.57. The summed E-state index contributed by atoms with van der Waals surface area (Å²) in [6.07, 6.45) is 2.76. The minimum Gasteiger partial charge on any atom is -0.493 e. The molecule has 0 aliphatic carbocycles. The fraction of sp³-hybridized carbons (Fsp3) is 0.381. The van der Waals surface area contributed by atoms with Crippen LogP contribution in [0.15, 0.2) is 41.4 Å². The zero-order valence-corrected chi connectivity index (χ0v) is 16.3. The predicted octanol–water partition coefficient (Wildman–Crippen LogP) is 6.40.